The number of hydrogen-bond donors (Lipinski definition) is 1. The molecule has 0 aliphatic heterocycles. The molecule has 21 heavy (non-hydrogen) atoms. The molecule has 1 aliphatic carbocycles. The Morgan fingerprint density at radius 2 is 2.05 bits per heavy atom. The van der Waals surface area contributed by atoms with Gasteiger partial charge in [0, 0.05) is 30.3 Å². The van der Waals surface area contributed by atoms with Gasteiger partial charge >= 0.3 is 0 Å². The SMILES string of the molecule is COC(C)(C)CCOC(CNC1CC1)c1ccccc1Cl. The number of ether oxygens (including phenoxy) is 2. The van der Waals surface area contributed by atoms with Crippen molar-refractivity contribution in [1.29, 1.82) is 0 Å². The highest BCUT2D eigenvalue weighted by atomic mass is 35.5. The lowest BCUT2D eigenvalue weighted by Gasteiger charge is -2.25. The van der Waals surface area contributed by atoms with Crippen molar-refractivity contribution in [3.8, 4) is 0 Å². The Morgan fingerprint density at radius 1 is 1.33 bits per heavy atom. The molecule has 1 saturated carbocycles. The Labute approximate surface area is 133 Å². The lowest BCUT2D eigenvalue weighted by molar-refractivity contribution is -0.0272. The van der Waals surface area contributed by atoms with E-state index in [1.54, 1.807) is 7.11 Å². The van der Waals surface area contributed by atoms with E-state index in [4.69, 9.17) is 21.1 Å². The van der Waals surface area contributed by atoms with Crippen molar-refractivity contribution in [3.05, 3.63) is 34.9 Å². The third-order valence-electron chi connectivity index (χ3n) is 4.00. The van der Waals surface area contributed by atoms with Crippen LogP contribution >= 0.6 is 11.6 Å². The van der Waals surface area contributed by atoms with E-state index in [9.17, 15) is 0 Å². The summed E-state index contributed by atoms with van der Waals surface area (Å²) in [4.78, 5) is 0. The first kappa shape index (κ1) is 16.8. The monoisotopic (exact) mass is 311 g/mol. The Bertz CT molecular complexity index is 446. The van der Waals surface area contributed by atoms with E-state index in [1.165, 1.54) is 12.8 Å². The number of benzene rings is 1. The molecule has 0 bridgehead atoms. The van der Waals surface area contributed by atoms with Crippen LogP contribution in [0.2, 0.25) is 5.02 Å². The first-order chi connectivity index (χ1) is 10.0. The van der Waals surface area contributed by atoms with Crippen LogP contribution in [0.5, 0.6) is 0 Å². The molecule has 1 unspecified atom stereocenters. The molecule has 0 amide bonds. The molecule has 1 atom stereocenters. The lowest BCUT2D eigenvalue weighted by Crippen LogP contribution is -2.28. The van der Waals surface area contributed by atoms with Crippen LogP contribution in [0.25, 0.3) is 0 Å². The fraction of sp³-hybridized carbons (Fsp3) is 0.647. The predicted octanol–water partition coefficient (Wildman–Crippen LogP) is 3.96. The Kier molecular flexibility index (Phi) is 6.06. The largest absolute Gasteiger partial charge is 0.379 e. The van der Waals surface area contributed by atoms with Gasteiger partial charge in [0.15, 0.2) is 0 Å². The summed E-state index contributed by atoms with van der Waals surface area (Å²) >= 11 is 6.31. The van der Waals surface area contributed by atoms with E-state index < -0.39 is 0 Å². The highest BCUT2D eigenvalue weighted by Crippen LogP contribution is 2.27. The average molecular weight is 312 g/mol. The van der Waals surface area contributed by atoms with Crippen molar-refractivity contribution in [2.45, 2.75) is 50.9 Å². The number of methoxy groups -OCH3 is 1. The fourth-order valence-electron chi connectivity index (χ4n) is 2.11. The van der Waals surface area contributed by atoms with Crippen molar-refractivity contribution in [1.82, 2.24) is 5.32 Å². The lowest BCUT2D eigenvalue weighted by atomic mass is 10.1. The standard InChI is InChI=1S/C17H26ClNO2/c1-17(2,20-3)10-11-21-16(12-19-13-8-9-13)14-6-4-5-7-15(14)18/h4-7,13,16,19H,8-12H2,1-3H3. The molecule has 1 N–H and O–H groups in total. The summed E-state index contributed by atoms with van der Waals surface area (Å²) in [5.41, 5.74) is 0.900. The molecule has 0 spiro atoms. The summed E-state index contributed by atoms with van der Waals surface area (Å²) in [5, 5.41) is 4.30. The van der Waals surface area contributed by atoms with Crippen LogP contribution in [0.1, 0.15) is 44.8 Å². The van der Waals surface area contributed by atoms with E-state index in [-0.39, 0.29) is 11.7 Å². The van der Waals surface area contributed by atoms with Gasteiger partial charge in [0.2, 0.25) is 0 Å². The number of nitrogens with one attached hydrogen (secondary N) is 1. The van der Waals surface area contributed by atoms with Crippen molar-refractivity contribution in [3.63, 3.8) is 0 Å². The van der Waals surface area contributed by atoms with Gasteiger partial charge in [-0.15, -0.1) is 0 Å². The van der Waals surface area contributed by atoms with Crippen LogP contribution in [-0.4, -0.2) is 31.9 Å². The van der Waals surface area contributed by atoms with E-state index in [2.05, 4.69) is 19.2 Å². The quantitative estimate of drug-likeness (QED) is 0.748. The second-order valence-corrected chi connectivity index (χ2v) is 6.68. The first-order valence-electron chi connectivity index (χ1n) is 7.66. The molecule has 0 radical (unpaired) electrons. The minimum Gasteiger partial charge on any atom is -0.379 e. The van der Waals surface area contributed by atoms with Gasteiger partial charge in [-0.05, 0) is 39.2 Å². The van der Waals surface area contributed by atoms with Crippen LogP contribution in [0, 0.1) is 0 Å². The van der Waals surface area contributed by atoms with Gasteiger partial charge in [-0.25, -0.2) is 0 Å². The summed E-state index contributed by atoms with van der Waals surface area (Å²) in [6.45, 7) is 5.61. The van der Waals surface area contributed by atoms with Crippen LogP contribution in [0.15, 0.2) is 24.3 Å². The number of halogens is 1. The van der Waals surface area contributed by atoms with Crippen molar-refractivity contribution in [2.24, 2.45) is 0 Å². The highest BCUT2D eigenvalue weighted by Gasteiger charge is 2.24. The molecule has 118 valence electrons. The Balaban J connectivity index is 1.93. The van der Waals surface area contributed by atoms with Gasteiger partial charge in [-0.2, -0.15) is 0 Å². The minimum absolute atomic E-state index is 0.00745. The van der Waals surface area contributed by atoms with Gasteiger partial charge < -0.3 is 14.8 Å². The second kappa shape index (κ2) is 7.59. The Morgan fingerprint density at radius 3 is 2.67 bits per heavy atom. The summed E-state index contributed by atoms with van der Waals surface area (Å²) < 4.78 is 11.5. The van der Waals surface area contributed by atoms with Crippen molar-refractivity contribution < 1.29 is 9.47 Å². The van der Waals surface area contributed by atoms with E-state index in [0.717, 1.165) is 23.6 Å². The fourth-order valence-corrected chi connectivity index (χ4v) is 2.36. The normalized spacial score (nSPS) is 17.0. The zero-order valence-electron chi connectivity index (χ0n) is 13.2. The number of hydrogen-bond acceptors (Lipinski definition) is 3. The minimum atomic E-state index is -0.158. The third kappa shape index (κ3) is 5.59. The van der Waals surface area contributed by atoms with E-state index >= 15 is 0 Å². The van der Waals surface area contributed by atoms with E-state index in [1.807, 2.05) is 24.3 Å². The number of rotatable bonds is 9. The predicted molar refractivity (Wildman–Crippen MR) is 86.9 cm³/mol. The summed E-state index contributed by atoms with van der Waals surface area (Å²) in [5.74, 6) is 0. The van der Waals surface area contributed by atoms with Crippen LogP contribution in [0.3, 0.4) is 0 Å². The summed E-state index contributed by atoms with van der Waals surface area (Å²) in [7, 11) is 1.74. The Hall–Kier alpha value is -0.610. The molecular formula is C17H26ClNO2. The van der Waals surface area contributed by atoms with Gasteiger partial charge in [0.05, 0.1) is 18.3 Å². The van der Waals surface area contributed by atoms with Gasteiger partial charge in [0.25, 0.3) is 0 Å². The first-order valence-corrected chi connectivity index (χ1v) is 8.04. The van der Waals surface area contributed by atoms with Crippen LogP contribution in [0.4, 0.5) is 0 Å². The molecule has 0 aromatic heterocycles. The molecule has 3 nitrogen and oxygen atoms in total. The van der Waals surface area contributed by atoms with Gasteiger partial charge in [-0.3, -0.25) is 0 Å². The summed E-state index contributed by atoms with van der Waals surface area (Å²) in [6.07, 6.45) is 3.39. The zero-order chi connectivity index (χ0) is 15.3. The molecule has 1 aromatic carbocycles. The maximum atomic E-state index is 6.31. The maximum absolute atomic E-state index is 6.31. The van der Waals surface area contributed by atoms with Gasteiger partial charge in [0.1, 0.15) is 0 Å². The smallest absolute Gasteiger partial charge is 0.0963 e. The molecular weight excluding hydrogens is 286 g/mol. The van der Waals surface area contributed by atoms with Gasteiger partial charge in [-0.1, -0.05) is 29.8 Å². The molecule has 1 fully saturated rings. The van der Waals surface area contributed by atoms with Crippen LogP contribution in [-0.2, 0) is 9.47 Å². The highest BCUT2D eigenvalue weighted by molar-refractivity contribution is 6.31. The maximum Gasteiger partial charge on any atom is 0.0963 e. The topological polar surface area (TPSA) is 30.5 Å². The second-order valence-electron chi connectivity index (χ2n) is 6.28. The zero-order valence-corrected chi connectivity index (χ0v) is 14.0. The molecule has 0 heterocycles. The molecule has 1 aromatic rings. The average Bonchev–Trinajstić information content (AvgIpc) is 3.27. The van der Waals surface area contributed by atoms with Crippen molar-refractivity contribution in [2.75, 3.05) is 20.3 Å². The molecule has 1 aliphatic rings. The third-order valence-corrected chi connectivity index (χ3v) is 4.34. The summed E-state index contributed by atoms with van der Waals surface area (Å²) in [6, 6.07) is 8.58. The molecule has 2 rings (SSSR count). The molecule has 4 heteroatoms. The van der Waals surface area contributed by atoms with Crippen LogP contribution < -0.4 is 5.32 Å². The van der Waals surface area contributed by atoms with E-state index in [0.29, 0.717) is 12.6 Å². The molecule has 0 saturated heterocycles. The van der Waals surface area contributed by atoms with Crippen molar-refractivity contribution >= 4 is 11.6 Å².